The topological polar surface area (TPSA) is 12.4 Å². The molecule has 0 N–H and O–H groups in total. The molecule has 0 spiro atoms. The molecule has 0 aromatic rings. The third-order valence-corrected chi connectivity index (χ3v) is 1.66. The molecular weight excluding hydrogens is 134 g/mol. The second kappa shape index (κ2) is 3.91. The number of rotatable bonds is 2. The lowest BCUT2D eigenvalue weighted by Crippen LogP contribution is -1.92. The van der Waals surface area contributed by atoms with Crippen LogP contribution >= 0.6 is 0 Å². The fourth-order valence-corrected chi connectivity index (χ4v) is 1.15. The highest BCUT2D eigenvalue weighted by atomic mass is 14.7. The van der Waals surface area contributed by atoms with E-state index >= 15 is 0 Å². The van der Waals surface area contributed by atoms with Gasteiger partial charge in [0.15, 0.2) is 0 Å². The summed E-state index contributed by atoms with van der Waals surface area (Å²) >= 11 is 0. The van der Waals surface area contributed by atoms with Gasteiger partial charge < -0.3 is 0 Å². The maximum Gasteiger partial charge on any atom is 0.0651 e. The summed E-state index contributed by atoms with van der Waals surface area (Å²) < 4.78 is 0. The van der Waals surface area contributed by atoms with E-state index in [0.29, 0.717) is 0 Å². The first kappa shape index (κ1) is 7.99. The van der Waals surface area contributed by atoms with E-state index in [2.05, 4.69) is 17.6 Å². The van der Waals surface area contributed by atoms with Crippen LogP contribution in [-0.4, -0.2) is 6.21 Å². The molecule has 0 amide bonds. The predicted molar refractivity (Wildman–Crippen MR) is 49.8 cm³/mol. The first-order chi connectivity index (χ1) is 5.38. The molecule has 11 heavy (non-hydrogen) atoms. The standard InChI is InChI=1S/C10H13N/c1-3-6-9-7-5-8-11-10(9)4-2/h3-4,6,8H,2,5,7H2,1H3/b6-3-. The van der Waals surface area contributed by atoms with Gasteiger partial charge in [0.1, 0.15) is 0 Å². The smallest absolute Gasteiger partial charge is 0.0651 e. The molecule has 0 radical (unpaired) electrons. The van der Waals surface area contributed by atoms with Crippen molar-refractivity contribution in [3.63, 3.8) is 0 Å². The molecule has 0 fully saturated rings. The van der Waals surface area contributed by atoms with Gasteiger partial charge in [-0.15, -0.1) is 0 Å². The molecule has 1 heteroatoms. The van der Waals surface area contributed by atoms with Crippen LogP contribution in [0.3, 0.4) is 0 Å². The summed E-state index contributed by atoms with van der Waals surface area (Å²) in [5, 5.41) is 0. The highest BCUT2D eigenvalue weighted by Crippen LogP contribution is 2.18. The van der Waals surface area contributed by atoms with E-state index in [9.17, 15) is 0 Å². The van der Waals surface area contributed by atoms with Crippen LogP contribution < -0.4 is 0 Å². The zero-order valence-electron chi connectivity index (χ0n) is 6.88. The minimum Gasteiger partial charge on any atom is -0.261 e. The van der Waals surface area contributed by atoms with Crippen molar-refractivity contribution < 1.29 is 0 Å². The van der Waals surface area contributed by atoms with E-state index in [0.717, 1.165) is 18.5 Å². The Labute approximate surface area is 67.8 Å². The van der Waals surface area contributed by atoms with Gasteiger partial charge >= 0.3 is 0 Å². The molecule has 0 bridgehead atoms. The number of hydrogen-bond acceptors (Lipinski definition) is 1. The van der Waals surface area contributed by atoms with Crippen LogP contribution in [0.15, 0.2) is 41.1 Å². The highest BCUT2D eigenvalue weighted by molar-refractivity contribution is 5.63. The van der Waals surface area contributed by atoms with Gasteiger partial charge in [0.2, 0.25) is 0 Å². The summed E-state index contributed by atoms with van der Waals surface area (Å²) in [5.74, 6) is 0. The molecule has 0 unspecified atom stereocenters. The Bertz CT molecular complexity index is 231. The van der Waals surface area contributed by atoms with Crippen molar-refractivity contribution in [3.8, 4) is 0 Å². The molecule has 1 aliphatic rings. The average Bonchev–Trinajstić information content (AvgIpc) is 2.06. The lowest BCUT2D eigenvalue weighted by molar-refractivity contribution is 1.01. The maximum atomic E-state index is 4.23. The van der Waals surface area contributed by atoms with Crippen molar-refractivity contribution in [2.75, 3.05) is 0 Å². The van der Waals surface area contributed by atoms with Gasteiger partial charge in [-0.05, 0) is 31.4 Å². The zero-order valence-corrected chi connectivity index (χ0v) is 6.88. The van der Waals surface area contributed by atoms with Gasteiger partial charge in [-0.2, -0.15) is 0 Å². The molecule has 1 heterocycles. The molecule has 1 aliphatic heterocycles. The number of hydrogen-bond donors (Lipinski definition) is 0. The van der Waals surface area contributed by atoms with Crippen molar-refractivity contribution in [2.24, 2.45) is 4.99 Å². The monoisotopic (exact) mass is 147 g/mol. The van der Waals surface area contributed by atoms with Crippen molar-refractivity contribution >= 4 is 6.21 Å². The van der Waals surface area contributed by atoms with Crippen LogP contribution in [0, 0.1) is 0 Å². The highest BCUT2D eigenvalue weighted by Gasteiger charge is 2.02. The molecule has 0 aliphatic carbocycles. The van der Waals surface area contributed by atoms with Crippen molar-refractivity contribution in [3.05, 3.63) is 36.1 Å². The number of aliphatic imine (C=N–C) groups is 1. The Balaban J connectivity index is 2.91. The second-order valence-corrected chi connectivity index (χ2v) is 2.46. The Hall–Kier alpha value is -1.11. The van der Waals surface area contributed by atoms with Gasteiger partial charge in [-0.1, -0.05) is 18.7 Å². The minimum absolute atomic E-state index is 1.02. The molecule has 0 atom stereocenters. The second-order valence-electron chi connectivity index (χ2n) is 2.46. The Morgan fingerprint density at radius 1 is 1.64 bits per heavy atom. The van der Waals surface area contributed by atoms with Crippen LogP contribution in [-0.2, 0) is 0 Å². The molecule has 1 rings (SSSR count). The van der Waals surface area contributed by atoms with Crippen molar-refractivity contribution in [1.82, 2.24) is 0 Å². The van der Waals surface area contributed by atoms with E-state index in [1.54, 1.807) is 0 Å². The van der Waals surface area contributed by atoms with Crippen molar-refractivity contribution in [1.29, 1.82) is 0 Å². The normalized spacial score (nSPS) is 17.9. The summed E-state index contributed by atoms with van der Waals surface area (Å²) in [4.78, 5) is 4.23. The number of allylic oxidation sites excluding steroid dienone is 4. The van der Waals surface area contributed by atoms with Gasteiger partial charge in [-0.25, -0.2) is 0 Å². The first-order valence-electron chi connectivity index (χ1n) is 3.89. The van der Waals surface area contributed by atoms with Crippen molar-refractivity contribution in [2.45, 2.75) is 19.8 Å². The summed E-state index contributed by atoms with van der Waals surface area (Å²) in [6.07, 6.45) is 10.0. The zero-order chi connectivity index (χ0) is 8.10. The lowest BCUT2D eigenvalue weighted by atomic mass is 10.1. The lowest BCUT2D eigenvalue weighted by Gasteiger charge is -2.07. The summed E-state index contributed by atoms with van der Waals surface area (Å²) in [6.45, 7) is 5.73. The molecule has 0 saturated heterocycles. The largest absolute Gasteiger partial charge is 0.261 e. The van der Waals surface area contributed by atoms with Gasteiger partial charge in [0, 0.05) is 6.21 Å². The first-order valence-corrected chi connectivity index (χ1v) is 3.89. The third kappa shape index (κ3) is 1.90. The van der Waals surface area contributed by atoms with E-state index in [1.807, 2.05) is 25.3 Å². The Morgan fingerprint density at radius 3 is 3.09 bits per heavy atom. The van der Waals surface area contributed by atoms with E-state index in [1.165, 1.54) is 5.57 Å². The Kier molecular flexibility index (Phi) is 2.84. The fourth-order valence-electron chi connectivity index (χ4n) is 1.15. The quantitative estimate of drug-likeness (QED) is 0.569. The SMILES string of the molecule is C=CC1=C(/C=C\C)CCC=N1. The van der Waals surface area contributed by atoms with E-state index in [-0.39, 0.29) is 0 Å². The predicted octanol–water partition coefficient (Wildman–Crippen LogP) is 2.87. The third-order valence-electron chi connectivity index (χ3n) is 1.66. The van der Waals surface area contributed by atoms with Gasteiger partial charge in [-0.3, -0.25) is 4.99 Å². The maximum absolute atomic E-state index is 4.23. The number of nitrogens with zero attached hydrogens (tertiary/aromatic N) is 1. The minimum atomic E-state index is 1.02. The molecular formula is C10H13N. The van der Waals surface area contributed by atoms with Gasteiger partial charge in [0.05, 0.1) is 5.70 Å². The van der Waals surface area contributed by atoms with Crippen LogP contribution in [0.2, 0.25) is 0 Å². The average molecular weight is 147 g/mol. The van der Waals surface area contributed by atoms with Crippen LogP contribution in [0.4, 0.5) is 0 Å². The van der Waals surface area contributed by atoms with E-state index < -0.39 is 0 Å². The summed E-state index contributed by atoms with van der Waals surface area (Å²) in [7, 11) is 0. The molecule has 0 aromatic heterocycles. The van der Waals surface area contributed by atoms with Crippen LogP contribution in [0.1, 0.15) is 19.8 Å². The van der Waals surface area contributed by atoms with E-state index in [4.69, 9.17) is 0 Å². The fraction of sp³-hybridized carbons (Fsp3) is 0.300. The van der Waals surface area contributed by atoms with Crippen LogP contribution in [0.25, 0.3) is 0 Å². The van der Waals surface area contributed by atoms with Gasteiger partial charge in [0.25, 0.3) is 0 Å². The summed E-state index contributed by atoms with van der Waals surface area (Å²) in [6, 6.07) is 0. The molecule has 0 aromatic carbocycles. The molecule has 1 nitrogen and oxygen atoms in total. The molecule has 58 valence electrons. The molecule has 0 saturated carbocycles. The Morgan fingerprint density at radius 2 is 2.45 bits per heavy atom. The summed E-state index contributed by atoms with van der Waals surface area (Å²) in [5.41, 5.74) is 2.32. The van der Waals surface area contributed by atoms with Crippen LogP contribution in [0.5, 0.6) is 0 Å².